The minimum atomic E-state index is -0.550. The number of methoxy groups -OCH3 is 1. The number of allylic oxidation sites excluding steroid dienone is 1. The lowest BCUT2D eigenvalue weighted by molar-refractivity contribution is -0.113. The van der Waals surface area contributed by atoms with Crippen molar-refractivity contribution in [3.63, 3.8) is 0 Å². The van der Waals surface area contributed by atoms with Crippen molar-refractivity contribution < 1.29 is 19.0 Å². The van der Waals surface area contributed by atoms with Crippen LogP contribution in [-0.4, -0.2) is 41.0 Å². The number of ether oxygens (including phenoxy) is 3. The molecular formula is C24H24ClN5O4. The van der Waals surface area contributed by atoms with Gasteiger partial charge in [0.2, 0.25) is 5.95 Å². The fourth-order valence-corrected chi connectivity index (χ4v) is 4.27. The first-order chi connectivity index (χ1) is 16.4. The first-order valence-corrected chi connectivity index (χ1v) is 11.2. The van der Waals surface area contributed by atoms with E-state index in [9.17, 15) is 4.79 Å². The van der Waals surface area contributed by atoms with Gasteiger partial charge in [0.15, 0.2) is 17.3 Å². The van der Waals surface area contributed by atoms with Crippen LogP contribution in [0.1, 0.15) is 29.9 Å². The third kappa shape index (κ3) is 4.08. The second-order valence-electron chi connectivity index (χ2n) is 8.12. The van der Waals surface area contributed by atoms with Gasteiger partial charge in [-0.1, -0.05) is 23.7 Å². The van der Waals surface area contributed by atoms with Crippen LogP contribution in [0.4, 0.5) is 11.6 Å². The Balaban J connectivity index is 1.57. The zero-order chi connectivity index (χ0) is 23.8. The van der Waals surface area contributed by atoms with Crippen molar-refractivity contribution in [2.45, 2.75) is 26.5 Å². The van der Waals surface area contributed by atoms with Gasteiger partial charge in [-0.2, -0.15) is 10.1 Å². The van der Waals surface area contributed by atoms with Crippen molar-refractivity contribution in [2.75, 3.05) is 31.0 Å². The lowest BCUT2D eigenvalue weighted by atomic mass is 9.94. The fourth-order valence-electron chi connectivity index (χ4n) is 4.09. The summed E-state index contributed by atoms with van der Waals surface area (Å²) in [6, 6.07) is 10.5. The number of rotatable bonds is 5. The number of aromatic nitrogens is 3. The van der Waals surface area contributed by atoms with Gasteiger partial charge in [-0.15, -0.1) is 0 Å². The lowest BCUT2D eigenvalue weighted by Crippen LogP contribution is -2.31. The molecule has 10 heteroatoms. The summed E-state index contributed by atoms with van der Waals surface area (Å²) in [5, 5.41) is 11.4. The number of aryl methyl sites for hydroxylation is 1. The number of halogens is 1. The molecule has 2 aromatic carbocycles. The molecule has 0 spiro atoms. The summed E-state index contributed by atoms with van der Waals surface area (Å²) < 4.78 is 18.4. The number of hydrogen-bond acceptors (Lipinski definition) is 7. The zero-order valence-corrected chi connectivity index (χ0v) is 19.8. The molecule has 1 aromatic heterocycles. The molecule has 0 saturated heterocycles. The van der Waals surface area contributed by atoms with Crippen molar-refractivity contribution in [3.05, 3.63) is 69.6 Å². The molecule has 9 nitrogen and oxygen atoms in total. The van der Waals surface area contributed by atoms with E-state index in [2.05, 4.69) is 20.7 Å². The SMILES string of the molecule is COCc1nc2n(n1)C(c1ccc3c(c1)OCCO3)C(C(=O)Nc1ccc(C)c(Cl)c1)=C(C)N2. The molecule has 1 unspecified atom stereocenters. The Hall–Kier alpha value is -3.56. The van der Waals surface area contributed by atoms with Gasteiger partial charge in [0.25, 0.3) is 5.91 Å². The number of nitrogens with zero attached hydrogens (tertiary/aromatic N) is 3. The maximum Gasteiger partial charge on any atom is 0.255 e. The van der Waals surface area contributed by atoms with Crippen LogP contribution in [0.3, 0.4) is 0 Å². The number of carbonyl (C=O) groups is 1. The number of amides is 1. The van der Waals surface area contributed by atoms with E-state index in [1.54, 1.807) is 17.9 Å². The summed E-state index contributed by atoms with van der Waals surface area (Å²) in [6.07, 6.45) is 0. The van der Waals surface area contributed by atoms with Crippen LogP contribution in [0, 0.1) is 6.92 Å². The minimum absolute atomic E-state index is 0.248. The number of fused-ring (bicyclic) bond motifs is 2. The van der Waals surface area contributed by atoms with Crippen LogP contribution in [0.15, 0.2) is 47.7 Å². The van der Waals surface area contributed by atoms with Crippen LogP contribution >= 0.6 is 11.6 Å². The van der Waals surface area contributed by atoms with Crippen LogP contribution in [0.2, 0.25) is 5.02 Å². The summed E-state index contributed by atoms with van der Waals surface area (Å²) >= 11 is 6.27. The average molecular weight is 482 g/mol. The van der Waals surface area contributed by atoms with Crippen LogP contribution < -0.4 is 20.1 Å². The van der Waals surface area contributed by atoms with E-state index in [1.807, 2.05) is 44.2 Å². The monoisotopic (exact) mass is 481 g/mol. The standard InChI is InChI=1S/C24H24ClN5O4/c1-13-4-6-16(11-17(13)25)27-23(31)21-14(2)26-24-28-20(12-32-3)29-30(24)22(21)15-5-7-18-19(10-15)34-9-8-33-18/h4-7,10-11,22H,8-9,12H2,1-3H3,(H,27,31)(H,26,28,29). The third-order valence-corrected chi connectivity index (χ3v) is 6.13. The van der Waals surface area contributed by atoms with E-state index in [1.165, 1.54) is 0 Å². The van der Waals surface area contributed by atoms with E-state index in [4.69, 9.17) is 25.8 Å². The predicted molar refractivity (Wildman–Crippen MR) is 127 cm³/mol. The Morgan fingerprint density at radius 1 is 1.21 bits per heavy atom. The predicted octanol–water partition coefficient (Wildman–Crippen LogP) is 4.09. The highest BCUT2D eigenvalue weighted by Crippen LogP contribution is 2.40. The van der Waals surface area contributed by atoms with E-state index in [0.29, 0.717) is 58.5 Å². The Morgan fingerprint density at radius 2 is 2.00 bits per heavy atom. The first-order valence-electron chi connectivity index (χ1n) is 10.8. The number of anilines is 2. The molecule has 176 valence electrons. The molecule has 3 heterocycles. The Morgan fingerprint density at radius 3 is 2.76 bits per heavy atom. The normalized spacial score (nSPS) is 16.6. The Labute approximate surface area is 201 Å². The number of benzene rings is 2. The molecule has 34 heavy (non-hydrogen) atoms. The van der Waals surface area contributed by atoms with Crippen molar-refractivity contribution in [1.29, 1.82) is 0 Å². The molecule has 1 atom stereocenters. The van der Waals surface area contributed by atoms with E-state index in [-0.39, 0.29) is 12.5 Å². The Bertz CT molecular complexity index is 1300. The molecule has 3 aromatic rings. The van der Waals surface area contributed by atoms with Gasteiger partial charge >= 0.3 is 0 Å². The molecule has 2 aliphatic heterocycles. The summed E-state index contributed by atoms with van der Waals surface area (Å²) in [6.45, 7) is 4.96. The molecule has 0 fully saturated rings. The minimum Gasteiger partial charge on any atom is -0.486 e. The van der Waals surface area contributed by atoms with Gasteiger partial charge in [0.05, 0.1) is 5.57 Å². The highest BCUT2D eigenvalue weighted by Gasteiger charge is 2.35. The van der Waals surface area contributed by atoms with Gasteiger partial charge in [-0.25, -0.2) is 4.68 Å². The maximum atomic E-state index is 13.6. The van der Waals surface area contributed by atoms with Gasteiger partial charge in [-0.05, 0) is 49.2 Å². The van der Waals surface area contributed by atoms with E-state index < -0.39 is 6.04 Å². The molecular weight excluding hydrogens is 458 g/mol. The second-order valence-corrected chi connectivity index (χ2v) is 8.52. The molecule has 2 aliphatic rings. The van der Waals surface area contributed by atoms with Crippen molar-refractivity contribution in [1.82, 2.24) is 14.8 Å². The fraction of sp³-hybridized carbons (Fsp3) is 0.292. The highest BCUT2D eigenvalue weighted by atomic mass is 35.5. The Kier molecular flexibility index (Phi) is 5.89. The van der Waals surface area contributed by atoms with Gasteiger partial charge in [0.1, 0.15) is 25.9 Å². The van der Waals surface area contributed by atoms with Gasteiger partial charge in [-0.3, -0.25) is 4.79 Å². The molecule has 0 radical (unpaired) electrons. The largest absolute Gasteiger partial charge is 0.486 e. The second kappa shape index (κ2) is 9.00. The summed E-state index contributed by atoms with van der Waals surface area (Å²) in [5.41, 5.74) is 3.51. The molecule has 0 aliphatic carbocycles. The van der Waals surface area contributed by atoms with Crippen LogP contribution in [-0.2, 0) is 16.1 Å². The zero-order valence-electron chi connectivity index (χ0n) is 19.0. The third-order valence-electron chi connectivity index (χ3n) is 5.73. The van der Waals surface area contributed by atoms with Crippen molar-refractivity contribution in [3.8, 4) is 11.5 Å². The number of hydrogen-bond donors (Lipinski definition) is 2. The molecule has 0 bridgehead atoms. The van der Waals surface area contributed by atoms with Crippen LogP contribution in [0.5, 0.6) is 11.5 Å². The maximum absolute atomic E-state index is 13.6. The van der Waals surface area contributed by atoms with E-state index in [0.717, 1.165) is 11.1 Å². The van der Waals surface area contributed by atoms with E-state index >= 15 is 0 Å². The molecule has 5 rings (SSSR count). The summed E-state index contributed by atoms with van der Waals surface area (Å²) in [4.78, 5) is 18.1. The quantitative estimate of drug-likeness (QED) is 0.566. The highest BCUT2D eigenvalue weighted by molar-refractivity contribution is 6.31. The van der Waals surface area contributed by atoms with Gasteiger partial charge < -0.3 is 24.8 Å². The summed E-state index contributed by atoms with van der Waals surface area (Å²) in [5.74, 6) is 2.05. The number of carbonyl (C=O) groups excluding carboxylic acids is 1. The molecule has 0 saturated carbocycles. The average Bonchev–Trinajstić information content (AvgIpc) is 3.22. The molecule has 1 amide bonds. The van der Waals surface area contributed by atoms with Crippen molar-refractivity contribution >= 4 is 29.1 Å². The molecule has 2 N–H and O–H groups in total. The van der Waals surface area contributed by atoms with Crippen molar-refractivity contribution in [2.24, 2.45) is 0 Å². The van der Waals surface area contributed by atoms with Gasteiger partial charge in [0, 0.05) is 23.5 Å². The smallest absolute Gasteiger partial charge is 0.255 e. The number of nitrogens with one attached hydrogen (secondary N) is 2. The first kappa shape index (κ1) is 22.2. The topological polar surface area (TPSA) is 99.5 Å². The summed E-state index contributed by atoms with van der Waals surface area (Å²) in [7, 11) is 1.58. The van der Waals surface area contributed by atoms with Crippen LogP contribution in [0.25, 0.3) is 0 Å². The lowest BCUT2D eigenvalue weighted by Gasteiger charge is -2.29.